The normalized spacial score (nSPS) is 15.2. The van der Waals surface area contributed by atoms with Gasteiger partial charge in [0.25, 0.3) is 0 Å². The van der Waals surface area contributed by atoms with E-state index in [0.29, 0.717) is 31.0 Å². The molecule has 0 aliphatic heterocycles. The summed E-state index contributed by atoms with van der Waals surface area (Å²) in [7, 11) is 0. The van der Waals surface area contributed by atoms with E-state index >= 15 is 0 Å². The summed E-state index contributed by atoms with van der Waals surface area (Å²) in [6, 6.07) is 5.81. The molecule has 260 valence electrons. The number of nitrogens with one attached hydrogen (secondary N) is 5. The van der Waals surface area contributed by atoms with E-state index in [-0.39, 0.29) is 61.0 Å². The summed E-state index contributed by atoms with van der Waals surface area (Å²) in [6.45, 7) is 15.1. The number of carbonyl (C=O) groups is 5. The topological polar surface area (TPSA) is 166 Å². The Morgan fingerprint density at radius 2 is 1.54 bits per heavy atom. The van der Waals surface area contributed by atoms with E-state index in [9.17, 15) is 24.0 Å². The third kappa shape index (κ3) is 15.8. The molecular formula is C35H59N5O6. The monoisotopic (exact) mass is 645 g/mol. The van der Waals surface area contributed by atoms with Gasteiger partial charge >= 0.3 is 5.97 Å². The molecule has 1 rings (SSSR count). The van der Waals surface area contributed by atoms with Crippen LogP contribution in [-0.4, -0.2) is 71.8 Å². The fraction of sp³-hybridized carbons (Fsp3) is 0.686. The molecule has 11 heteroatoms. The molecule has 0 fully saturated rings. The number of carboxylic acid groups (broad SMARTS) is 1. The van der Waals surface area contributed by atoms with Crippen molar-refractivity contribution in [2.24, 2.45) is 11.8 Å². The molecule has 1 aromatic carbocycles. The van der Waals surface area contributed by atoms with Gasteiger partial charge in [0.1, 0.15) is 12.3 Å². The Kier molecular flexibility index (Phi) is 19.7. The number of carbonyl (C=O) groups excluding carboxylic acids is 4. The number of amides is 3. The van der Waals surface area contributed by atoms with E-state index in [1.807, 2.05) is 32.9 Å². The average molecular weight is 646 g/mol. The molecule has 0 aromatic heterocycles. The number of hydrogen-bond acceptors (Lipinski definition) is 7. The van der Waals surface area contributed by atoms with Crippen molar-refractivity contribution in [3.05, 3.63) is 35.4 Å². The molecule has 0 saturated heterocycles. The Bertz CT molecular complexity index is 1080. The summed E-state index contributed by atoms with van der Waals surface area (Å²) in [5.74, 6) is -1.32. The number of carboxylic acids is 1. The standard InChI is InChI=1S/C35H59N5O6/c1-8-12-30(39-35(46)33(24(6)9-2)40-31(42)13-11-14-32(43)44)29(10-3)38-28(19-23(4)5)21-36-25(7)34(45)37-20-26-15-17-27(22-41)18-16-26/h15-18,22-25,28-30,33,36,38H,8-14,19-21H2,1-7H3,(H,37,45)(H,39,46)(H,40,42)(H,43,44)/t24-,25-,28-,29?,30-,33-/m0/s1. The highest BCUT2D eigenvalue weighted by molar-refractivity contribution is 5.88. The molecule has 6 atom stereocenters. The van der Waals surface area contributed by atoms with Crippen LogP contribution >= 0.6 is 0 Å². The number of rotatable bonds is 24. The molecule has 1 aromatic rings. The smallest absolute Gasteiger partial charge is 0.303 e. The van der Waals surface area contributed by atoms with Crippen LogP contribution in [0.15, 0.2) is 24.3 Å². The second-order valence-corrected chi connectivity index (χ2v) is 12.8. The van der Waals surface area contributed by atoms with Crippen LogP contribution in [0, 0.1) is 11.8 Å². The maximum atomic E-state index is 13.6. The maximum Gasteiger partial charge on any atom is 0.303 e. The molecular weight excluding hydrogens is 586 g/mol. The molecule has 11 nitrogen and oxygen atoms in total. The fourth-order valence-electron chi connectivity index (χ4n) is 5.37. The van der Waals surface area contributed by atoms with E-state index in [1.54, 1.807) is 12.1 Å². The molecule has 0 aliphatic carbocycles. The fourth-order valence-corrected chi connectivity index (χ4v) is 5.37. The van der Waals surface area contributed by atoms with Crippen molar-refractivity contribution in [3.63, 3.8) is 0 Å². The average Bonchev–Trinajstić information content (AvgIpc) is 3.02. The zero-order valence-electron chi connectivity index (χ0n) is 29.0. The summed E-state index contributed by atoms with van der Waals surface area (Å²) in [6.07, 6.45) is 4.93. The molecule has 3 amide bonds. The minimum Gasteiger partial charge on any atom is -0.481 e. The van der Waals surface area contributed by atoms with Gasteiger partial charge in [-0.25, -0.2) is 0 Å². The van der Waals surface area contributed by atoms with Crippen LogP contribution in [0.1, 0.15) is 116 Å². The zero-order chi connectivity index (χ0) is 34.6. The highest BCUT2D eigenvalue weighted by Gasteiger charge is 2.31. The molecule has 0 heterocycles. The van der Waals surface area contributed by atoms with Crippen molar-refractivity contribution < 1.29 is 29.1 Å². The third-order valence-corrected chi connectivity index (χ3v) is 8.31. The summed E-state index contributed by atoms with van der Waals surface area (Å²) < 4.78 is 0. The van der Waals surface area contributed by atoms with Crippen LogP contribution in [0.4, 0.5) is 0 Å². The van der Waals surface area contributed by atoms with E-state index in [2.05, 4.69) is 54.3 Å². The first-order chi connectivity index (χ1) is 21.8. The molecule has 6 N–H and O–H groups in total. The third-order valence-electron chi connectivity index (χ3n) is 8.31. The largest absolute Gasteiger partial charge is 0.481 e. The van der Waals surface area contributed by atoms with E-state index in [0.717, 1.165) is 37.5 Å². The maximum absolute atomic E-state index is 13.6. The Morgan fingerprint density at radius 1 is 0.870 bits per heavy atom. The van der Waals surface area contributed by atoms with Crippen LogP contribution < -0.4 is 26.6 Å². The van der Waals surface area contributed by atoms with Crippen LogP contribution in [0.3, 0.4) is 0 Å². The summed E-state index contributed by atoms with van der Waals surface area (Å²) >= 11 is 0. The Labute approximate surface area is 275 Å². The summed E-state index contributed by atoms with van der Waals surface area (Å²) in [4.78, 5) is 60.7. The van der Waals surface area contributed by atoms with Gasteiger partial charge in [0.05, 0.1) is 6.04 Å². The molecule has 0 aliphatic rings. The minimum absolute atomic E-state index is 0.0308. The Morgan fingerprint density at radius 3 is 2.09 bits per heavy atom. The van der Waals surface area contributed by atoms with Gasteiger partial charge in [0, 0.05) is 49.6 Å². The highest BCUT2D eigenvalue weighted by atomic mass is 16.4. The van der Waals surface area contributed by atoms with Crippen molar-refractivity contribution in [3.8, 4) is 0 Å². The number of hydrogen-bond donors (Lipinski definition) is 6. The predicted molar refractivity (Wildman–Crippen MR) is 181 cm³/mol. The van der Waals surface area contributed by atoms with E-state index in [4.69, 9.17) is 5.11 Å². The van der Waals surface area contributed by atoms with Gasteiger partial charge in [0.15, 0.2) is 0 Å². The Balaban J connectivity index is 2.89. The second kappa shape index (κ2) is 22.3. The lowest BCUT2D eigenvalue weighted by molar-refractivity contribution is -0.137. The number of benzene rings is 1. The van der Waals surface area contributed by atoms with Crippen LogP contribution in [-0.2, 0) is 25.7 Å². The molecule has 0 bridgehead atoms. The van der Waals surface area contributed by atoms with Crippen molar-refractivity contribution in [2.75, 3.05) is 6.54 Å². The van der Waals surface area contributed by atoms with Gasteiger partial charge in [-0.05, 0) is 50.0 Å². The van der Waals surface area contributed by atoms with Crippen molar-refractivity contribution in [2.45, 2.75) is 137 Å². The summed E-state index contributed by atoms with van der Waals surface area (Å²) in [5, 5.41) is 25.1. The number of aldehydes is 1. The second-order valence-electron chi connectivity index (χ2n) is 12.8. The van der Waals surface area contributed by atoms with Crippen LogP contribution in [0.5, 0.6) is 0 Å². The van der Waals surface area contributed by atoms with Gasteiger partial charge in [-0.3, -0.25) is 24.0 Å². The first-order valence-electron chi connectivity index (χ1n) is 17.0. The van der Waals surface area contributed by atoms with Crippen LogP contribution in [0.25, 0.3) is 0 Å². The predicted octanol–water partition coefficient (Wildman–Crippen LogP) is 3.95. The van der Waals surface area contributed by atoms with Gasteiger partial charge in [-0.1, -0.05) is 78.6 Å². The van der Waals surface area contributed by atoms with Crippen molar-refractivity contribution in [1.29, 1.82) is 0 Å². The van der Waals surface area contributed by atoms with Gasteiger partial charge in [0.2, 0.25) is 17.7 Å². The lowest BCUT2D eigenvalue weighted by atomic mass is 9.94. The lowest BCUT2D eigenvalue weighted by Crippen LogP contribution is -2.59. The zero-order valence-corrected chi connectivity index (χ0v) is 29.0. The van der Waals surface area contributed by atoms with E-state index < -0.39 is 18.1 Å². The van der Waals surface area contributed by atoms with Gasteiger partial charge in [-0.2, -0.15) is 0 Å². The van der Waals surface area contributed by atoms with E-state index in [1.165, 1.54) is 0 Å². The molecule has 1 unspecified atom stereocenters. The number of aliphatic carboxylic acids is 1. The Hall–Kier alpha value is -3.31. The summed E-state index contributed by atoms with van der Waals surface area (Å²) in [5.41, 5.74) is 1.50. The minimum atomic E-state index is -0.952. The van der Waals surface area contributed by atoms with Crippen LogP contribution in [0.2, 0.25) is 0 Å². The van der Waals surface area contributed by atoms with Crippen molar-refractivity contribution >= 4 is 30.0 Å². The van der Waals surface area contributed by atoms with Crippen molar-refractivity contribution in [1.82, 2.24) is 26.6 Å². The van der Waals surface area contributed by atoms with Gasteiger partial charge < -0.3 is 31.7 Å². The SMILES string of the molecule is CCC[C@H](NC(=O)[C@@H](NC(=O)CCCC(=O)O)[C@@H](C)CC)C(CC)N[C@H](CN[C@@H](C)C(=O)NCc1ccc(C=O)cc1)CC(C)C. The highest BCUT2D eigenvalue weighted by Crippen LogP contribution is 2.14. The first kappa shape index (κ1) is 40.7. The van der Waals surface area contributed by atoms with Gasteiger partial charge in [-0.15, -0.1) is 0 Å². The quantitative estimate of drug-likeness (QED) is 0.0920. The molecule has 0 spiro atoms. The first-order valence-corrected chi connectivity index (χ1v) is 17.0. The lowest BCUT2D eigenvalue weighted by Gasteiger charge is -2.34. The molecule has 0 saturated carbocycles. The molecule has 0 radical (unpaired) electrons. The molecule has 46 heavy (non-hydrogen) atoms.